The van der Waals surface area contributed by atoms with Crippen molar-refractivity contribution in [1.82, 2.24) is 9.88 Å². The molecule has 2 nitrogen and oxygen atoms in total. The Morgan fingerprint density at radius 2 is 2.22 bits per heavy atom. The number of halogens is 4. The first kappa shape index (κ1) is 14.1. The van der Waals surface area contributed by atoms with Gasteiger partial charge in [0.25, 0.3) is 0 Å². The van der Waals surface area contributed by atoms with E-state index in [1.165, 1.54) is 16.2 Å². The smallest absolute Gasteiger partial charge is 0.283 e. The Kier molecular flexibility index (Phi) is 4.18. The van der Waals surface area contributed by atoms with Crippen LogP contribution in [0.15, 0.2) is 5.38 Å². The van der Waals surface area contributed by atoms with Gasteiger partial charge in [-0.2, -0.15) is 13.2 Å². The summed E-state index contributed by atoms with van der Waals surface area (Å²) in [6.45, 7) is 0.912. The molecule has 1 fully saturated rings. The molecule has 1 aliphatic carbocycles. The average Bonchev–Trinajstić information content (AvgIpc) is 3.01. The molecular formula is C11H14ClF3N2S. The molecule has 1 heterocycles. The van der Waals surface area contributed by atoms with Crippen LogP contribution in [0.3, 0.4) is 0 Å². The van der Waals surface area contributed by atoms with E-state index in [0.717, 1.165) is 18.5 Å². The van der Waals surface area contributed by atoms with Gasteiger partial charge in [-0.15, -0.1) is 22.9 Å². The first-order chi connectivity index (χ1) is 8.40. The highest BCUT2D eigenvalue weighted by molar-refractivity contribution is 7.09. The van der Waals surface area contributed by atoms with Crippen LogP contribution in [0.25, 0.3) is 0 Å². The molecule has 0 aromatic carbocycles. The van der Waals surface area contributed by atoms with E-state index in [9.17, 15) is 13.2 Å². The zero-order valence-corrected chi connectivity index (χ0v) is 11.4. The molecule has 7 heteroatoms. The fraction of sp³-hybridized carbons (Fsp3) is 0.727. The lowest BCUT2D eigenvalue weighted by molar-refractivity contribution is -0.152. The maximum Gasteiger partial charge on any atom is 0.401 e. The number of thiazole rings is 1. The zero-order valence-electron chi connectivity index (χ0n) is 9.88. The number of aromatic nitrogens is 1. The Balaban J connectivity index is 2.10. The minimum Gasteiger partial charge on any atom is -0.283 e. The van der Waals surface area contributed by atoms with Crippen LogP contribution in [0.4, 0.5) is 13.2 Å². The molecule has 2 rings (SSSR count). The third kappa shape index (κ3) is 3.59. The van der Waals surface area contributed by atoms with E-state index in [2.05, 4.69) is 4.98 Å². The summed E-state index contributed by atoms with van der Waals surface area (Å²) >= 11 is 7.03. The fourth-order valence-corrected chi connectivity index (χ4v) is 3.04. The van der Waals surface area contributed by atoms with Crippen LogP contribution in [-0.4, -0.2) is 28.6 Å². The quantitative estimate of drug-likeness (QED) is 0.765. The molecule has 0 N–H and O–H groups in total. The number of alkyl halides is 4. The number of nitrogens with zero attached hydrogens (tertiary/aromatic N) is 2. The van der Waals surface area contributed by atoms with Crippen molar-refractivity contribution in [3.63, 3.8) is 0 Å². The van der Waals surface area contributed by atoms with Crippen LogP contribution in [-0.2, 0) is 5.88 Å². The summed E-state index contributed by atoms with van der Waals surface area (Å²) in [4.78, 5) is 5.76. The van der Waals surface area contributed by atoms with Gasteiger partial charge in [-0.3, -0.25) is 4.90 Å². The van der Waals surface area contributed by atoms with Crippen molar-refractivity contribution in [2.45, 2.75) is 43.9 Å². The normalized spacial score (nSPS) is 18.3. The van der Waals surface area contributed by atoms with Crippen LogP contribution in [0, 0.1) is 0 Å². The first-order valence-electron chi connectivity index (χ1n) is 5.73. The van der Waals surface area contributed by atoms with E-state index in [1.54, 1.807) is 12.3 Å². The maximum absolute atomic E-state index is 12.6. The Labute approximate surface area is 113 Å². The van der Waals surface area contributed by atoms with Crippen LogP contribution < -0.4 is 0 Å². The van der Waals surface area contributed by atoms with Crippen LogP contribution in [0.5, 0.6) is 0 Å². The van der Waals surface area contributed by atoms with Crippen molar-refractivity contribution in [2.75, 3.05) is 6.54 Å². The van der Waals surface area contributed by atoms with Gasteiger partial charge in [0.2, 0.25) is 0 Å². The van der Waals surface area contributed by atoms with Crippen molar-refractivity contribution >= 4 is 22.9 Å². The van der Waals surface area contributed by atoms with Gasteiger partial charge in [-0.05, 0) is 19.8 Å². The van der Waals surface area contributed by atoms with E-state index in [0.29, 0.717) is 10.9 Å². The van der Waals surface area contributed by atoms with Gasteiger partial charge < -0.3 is 0 Å². The summed E-state index contributed by atoms with van der Waals surface area (Å²) in [6, 6.07) is -0.258. The molecule has 0 bridgehead atoms. The van der Waals surface area contributed by atoms with Gasteiger partial charge in [-0.25, -0.2) is 4.98 Å². The molecule has 1 saturated carbocycles. The molecule has 1 aliphatic rings. The van der Waals surface area contributed by atoms with Crippen molar-refractivity contribution < 1.29 is 13.2 Å². The fourth-order valence-electron chi connectivity index (χ4n) is 1.91. The lowest BCUT2D eigenvalue weighted by Gasteiger charge is -2.28. The summed E-state index contributed by atoms with van der Waals surface area (Å²) in [5.74, 6) is 0.298. The van der Waals surface area contributed by atoms with Gasteiger partial charge >= 0.3 is 6.18 Å². The highest BCUT2D eigenvalue weighted by Crippen LogP contribution is 2.37. The van der Waals surface area contributed by atoms with Crippen molar-refractivity contribution in [2.24, 2.45) is 0 Å². The second-order valence-corrected chi connectivity index (χ2v) is 5.66. The van der Waals surface area contributed by atoms with Crippen molar-refractivity contribution in [1.29, 1.82) is 0 Å². The molecule has 102 valence electrons. The predicted molar refractivity (Wildman–Crippen MR) is 65.9 cm³/mol. The monoisotopic (exact) mass is 298 g/mol. The number of hydrogen-bond donors (Lipinski definition) is 0. The van der Waals surface area contributed by atoms with Gasteiger partial charge in [0.1, 0.15) is 5.01 Å². The number of rotatable bonds is 5. The predicted octanol–water partition coefficient (Wildman–Crippen LogP) is 3.97. The largest absolute Gasteiger partial charge is 0.401 e. The molecule has 0 amide bonds. The lowest BCUT2D eigenvalue weighted by atomic mass is 10.2. The second kappa shape index (κ2) is 5.35. The van der Waals surface area contributed by atoms with Crippen molar-refractivity contribution in [3.05, 3.63) is 16.1 Å². The second-order valence-electron chi connectivity index (χ2n) is 4.51. The standard InChI is InChI=1S/C11H14ClF3N2S/c1-7(10-16-8(4-12)5-18-10)17(9-2-3-9)6-11(13,14)15/h5,7,9H,2-4,6H2,1H3. The molecule has 0 saturated heterocycles. The van der Waals surface area contributed by atoms with Gasteiger partial charge in [0, 0.05) is 11.4 Å². The summed E-state index contributed by atoms with van der Waals surface area (Å²) in [5, 5.41) is 2.51. The van der Waals surface area contributed by atoms with Crippen LogP contribution >= 0.6 is 22.9 Å². The molecule has 1 atom stereocenters. The van der Waals surface area contributed by atoms with Crippen LogP contribution in [0.2, 0.25) is 0 Å². The summed E-state index contributed by atoms with van der Waals surface area (Å²) < 4.78 is 37.7. The minimum absolute atomic E-state index is 0.0463. The van der Waals surface area contributed by atoms with Gasteiger partial charge in [-0.1, -0.05) is 0 Å². The highest BCUT2D eigenvalue weighted by Gasteiger charge is 2.41. The Morgan fingerprint density at radius 1 is 1.56 bits per heavy atom. The Hall–Kier alpha value is -0.330. The topological polar surface area (TPSA) is 16.1 Å². The lowest BCUT2D eigenvalue weighted by Crippen LogP contribution is -2.37. The molecule has 1 aromatic heterocycles. The minimum atomic E-state index is -4.16. The van der Waals surface area contributed by atoms with Crippen LogP contribution in [0.1, 0.15) is 36.5 Å². The van der Waals surface area contributed by atoms with E-state index in [-0.39, 0.29) is 12.1 Å². The van der Waals surface area contributed by atoms with Crippen molar-refractivity contribution in [3.8, 4) is 0 Å². The molecular weight excluding hydrogens is 285 g/mol. The first-order valence-corrected chi connectivity index (χ1v) is 7.15. The third-order valence-corrected chi connectivity index (χ3v) is 4.28. The highest BCUT2D eigenvalue weighted by atomic mass is 35.5. The Morgan fingerprint density at radius 3 is 2.67 bits per heavy atom. The molecule has 0 aliphatic heterocycles. The Bertz CT molecular complexity index is 403. The molecule has 0 radical (unpaired) electrons. The molecule has 1 unspecified atom stereocenters. The molecule has 0 spiro atoms. The van der Waals surface area contributed by atoms with E-state index < -0.39 is 12.7 Å². The van der Waals surface area contributed by atoms with Gasteiger partial charge in [0.05, 0.1) is 24.2 Å². The van der Waals surface area contributed by atoms with E-state index >= 15 is 0 Å². The summed E-state index contributed by atoms with van der Waals surface area (Å²) in [5.41, 5.74) is 0.728. The molecule has 18 heavy (non-hydrogen) atoms. The van der Waals surface area contributed by atoms with Gasteiger partial charge in [0.15, 0.2) is 0 Å². The zero-order chi connectivity index (χ0) is 13.3. The molecule has 1 aromatic rings. The maximum atomic E-state index is 12.6. The summed E-state index contributed by atoms with van der Waals surface area (Å²) in [6.07, 6.45) is -2.48. The third-order valence-electron chi connectivity index (χ3n) is 2.94. The summed E-state index contributed by atoms with van der Waals surface area (Å²) in [7, 11) is 0. The average molecular weight is 299 g/mol. The van der Waals surface area contributed by atoms with E-state index in [1.807, 2.05) is 0 Å². The SMILES string of the molecule is CC(c1nc(CCl)cs1)N(CC(F)(F)F)C1CC1. The van der Waals surface area contributed by atoms with E-state index in [4.69, 9.17) is 11.6 Å². The number of hydrogen-bond acceptors (Lipinski definition) is 3.